The second-order valence-corrected chi connectivity index (χ2v) is 5.46. The number of nitro groups is 1. The number of nitrogens with zero attached hydrogens (tertiary/aromatic N) is 2. The van der Waals surface area contributed by atoms with Crippen molar-refractivity contribution in [3.63, 3.8) is 0 Å². The third kappa shape index (κ3) is 3.18. The first kappa shape index (κ1) is 15.0. The molecule has 0 radical (unpaired) electrons. The summed E-state index contributed by atoms with van der Waals surface area (Å²) < 4.78 is 0. The van der Waals surface area contributed by atoms with Gasteiger partial charge in [0.1, 0.15) is 0 Å². The van der Waals surface area contributed by atoms with Crippen LogP contribution in [0.15, 0.2) is 24.3 Å². The molecule has 1 atom stereocenters. The number of benzene rings is 1. The molecule has 3 amide bonds. The largest absolute Gasteiger partial charge is 0.337 e. The SMILES string of the molecule is CC(C)CC1CNC(=O)N(c2ccc([N+](=O)[O-])cc2)C1=O. The highest BCUT2D eigenvalue weighted by molar-refractivity contribution is 6.16. The Morgan fingerprint density at radius 3 is 2.48 bits per heavy atom. The predicted octanol–water partition coefficient (Wildman–Crippen LogP) is 2.31. The summed E-state index contributed by atoms with van der Waals surface area (Å²) in [5.41, 5.74) is 0.263. The van der Waals surface area contributed by atoms with E-state index in [1.807, 2.05) is 13.8 Å². The van der Waals surface area contributed by atoms with Gasteiger partial charge in [-0.15, -0.1) is 0 Å². The number of carbonyl (C=O) groups is 2. The van der Waals surface area contributed by atoms with Crippen molar-refractivity contribution in [3.8, 4) is 0 Å². The second kappa shape index (κ2) is 5.90. The molecule has 0 saturated carbocycles. The van der Waals surface area contributed by atoms with Crippen LogP contribution in [-0.2, 0) is 4.79 Å². The van der Waals surface area contributed by atoms with Gasteiger partial charge in [0.25, 0.3) is 5.69 Å². The number of urea groups is 1. The normalized spacial score (nSPS) is 18.8. The van der Waals surface area contributed by atoms with Crippen LogP contribution in [0.25, 0.3) is 0 Å². The van der Waals surface area contributed by atoms with E-state index in [0.29, 0.717) is 24.6 Å². The highest BCUT2D eigenvalue weighted by atomic mass is 16.6. The first-order valence-electron chi connectivity index (χ1n) is 6.76. The van der Waals surface area contributed by atoms with Crippen LogP contribution in [0.3, 0.4) is 0 Å². The van der Waals surface area contributed by atoms with E-state index in [9.17, 15) is 19.7 Å². The lowest BCUT2D eigenvalue weighted by molar-refractivity contribution is -0.384. The molecule has 0 aliphatic carbocycles. The zero-order chi connectivity index (χ0) is 15.6. The molecule has 1 unspecified atom stereocenters. The molecule has 0 aromatic heterocycles. The Morgan fingerprint density at radius 2 is 1.95 bits per heavy atom. The van der Waals surface area contributed by atoms with Crippen molar-refractivity contribution in [2.24, 2.45) is 11.8 Å². The lowest BCUT2D eigenvalue weighted by atomic mass is 9.94. The number of rotatable bonds is 4. The molecule has 0 bridgehead atoms. The van der Waals surface area contributed by atoms with Crippen LogP contribution in [0, 0.1) is 22.0 Å². The van der Waals surface area contributed by atoms with Crippen LogP contribution in [-0.4, -0.2) is 23.4 Å². The maximum absolute atomic E-state index is 12.4. The molecule has 1 aromatic carbocycles. The molecule has 1 aliphatic heterocycles. The first-order valence-corrected chi connectivity index (χ1v) is 6.76. The van der Waals surface area contributed by atoms with E-state index in [1.165, 1.54) is 24.3 Å². The minimum atomic E-state index is -0.524. The molecular weight excluding hydrogens is 274 g/mol. The maximum atomic E-state index is 12.4. The molecule has 1 heterocycles. The van der Waals surface area contributed by atoms with Crippen LogP contribution in [0.1, 0.15) is 20.3 Å². The quantitative estimate of drug-likeness (QED) is 0.680. The third-order valence-corrected chi connectivity index (χ3v) is 3.35. The number of carbonyl (C=O) groups excluding carboxylic acids is 2. The van der Waals surface area contributed by atoms with Gasteiger partial charge in [-0.1, -0.05) is 13.8 Å². The number of hydrogen-bond acceptors (Lipinski definition) is 4. The summed E-state index contributed by atoms with van der Waals surface area (Å²) in [5, 5.41) is 13.3. The molecule has 21 heavy (non-hydrogen) atoms. The summed E-state index contributed by atoms with van der Waals surface area (Å²) >= 11 is 0. The zero-order valence-electron chi connectivity index (χ0n) is 11.9. The molecule has 112 valence electrons. The number of nitrogens with one attached hydrogen (secondary N) is 1. The van der Waals surface area contributed by atoms with Crippen LogP contribution < -0.4 is 10.2 Å². The Bertz CT molecular complexity index is 568. The fourth-order valence-corrected chi connectivity index (χ4v) is 2.38. The Morgan fingerprint density at radius 1 is 1.33 bits per heavy atom. The van der Waals surface area contributed by atoms with Crippen molar-refractivity contribution in [3.05, 3.63) is 34.4 Å². The smallest absolute Gasteiger partial charge is 0.328 e. The average Bonchev–Trinajstić information content (AvgIpc) is 2.42. The van der Waals surface area contributed by atoms with Crippen molar-refractivity contribution < 1.29 is 14.5 Å². The lowest BCUT2D eigenvalue weighted by Crippen LogP contribution is -2.55. The standard InChI is InChI=1S/C14H17N3O4/c1-9(2)7-10-8-15-14(19)16(13(10)18)11-3-5-12(6-4-11)17(20)21/h3-6,9-10H,7-8H2,1-2H3,(H,15,19). The van der Waals surface area contributed by atoms with Gasteiger partial charge in [-0.3, -0.25) is 14.9 Å². The summed E-state index contributed by atoms with van der Waals surface area (Å²) in [7, 11) is 0. The summed E-state index contributed by atoms with van der Waals surface area (Å²) in [6, 6.07) is 4.89. The maximum Gasteiger partial charge on any atom is 0.328 e. The Balaban J connectivity index is 2.25. The minimum Gasteiger partial charge on any atom is -0.337 e. The molecule has 1 saturated heterocycles. The van der Waals surface area contributed by atoms with Gasteiger partial charge < -0.3 is 5.32 Å². The van der Waals surface area contributed by atoms with E-state index in [1.54, 1.807) is 0 Å². The molecule has 1 N–H and O–H groups in total. The highest BCUT2D eigenvalue weighted by Gasteiger charge is 2.35. The Kier molecular flexibility index (Phi) is 4.21. The molecule has 1 aromatic rings. The first-order chi connectivity index (χ1) is 9.90. The van der Waals surface area contributed by atoms with Gasteiger partial charge in [-0.25, -0.2) is 9.69 Å². The van der Waals surface area contributed by atoms with Crippen molar-refractivity contribution in [1.82, 2.24) is 5.32 Å². The van der Waals surface area contributed by atoms with Crippen molar-refractivity contribution in [1.29, 1.82) is 0 Å². The summed E-state index contributed by atoms with van der Waals surface area (Å²) in [4.78, 5) is 35.5. The second-order valence-electron chi connectivity index (χ2n) is 5.46. The van der Waals surface area contributed by atoms with Gasteiger partial charge in [0.15, 0.2) is 0 Å². The molecule has 7 nitrogen and oxygen atoms in total. The number of hydrogen-bond donors (Lipinski definition) is 1. The topological polar surface area (TPSA) is 92.6 Å². The Labute approximate surface area is 122 Å². The van der Waals surface area contributed by atoms with Crippen LogP contribution in [0.5, 0.6) is 0 Å². The van der Waals surface area contributed by atoms with Crippen molar-refractivity contribution in [2.45, 2.75) is 20.3 Å². The number of anilines is 1. The molecule has 2 rings (SSSR count). The number of non-ortho nitro benzene ring substituents is 1. The van der Waals surface area contributed by atoms with Gasteiger partial charge in [-0.2, -0.15) is 0 Å². The zero-order valence-corrected chi connectivity index (χ0v) is 11.9. The molecule has 0 spiro atoms. The van der Waals surface area contributed by atoms with E-state index < -0.39 is 11.0 Å². The molecule has 1 fully saturated rings. The van der Waals surface area contributed by atoms with Crippen LogP contribution >= 0.6 is 0 Å². The van der Waals surface area contributed by atoms with Crippen molar-refractivity contribution >= 4 is 23.3 Å². The van der Waals surface area contributed by atoms with E-state index >= 15 is 0 Å². The molecule has 7 heteroatoms. The minimum absolute atomic E-state index is 0.0812. The fourth-order valence-electron chi connectivity index (χ4n) is 2.38. The van der Waals surface area contributed by atoms with Crippen molar-refractivity contribution in [2.75, 3.05) is 11.4 Å². The van der Waals surface area contributed by atoms with Gasteiger partial charge in [-0.05, 0) is 24.5 Å². The van der Waals surface area contributed by atoms with E-state index in [-0.39, 0.29) is 17.5 Å². The average molecular weight is 291 g/mol. The van der Waals surface area contributed by atoms with Crippen LogP contribution in [0.2, 0.25) is 0 Å². The monoisotopic (exact) mass is 291 g/mol. The fraction of sp³-hybridized carbons (Fsp3) is 0.429. The third-order valence-electron chi connectivity index (χ3n) is 3.35. The number of imide groups is 1. The number of amides is 3. The summed E-state index contributed by atoms with van der Waals surface area (Å²) in [6.45, 7) is 4.36. The lowest BCUT2D eigenvalue weighted by Gasteiger charge is -2.32. The van der Waals surface area contributed by atoms with Gasteiger partial charge in [0.05, 0.1) is 16.5 Å². The highest BCUT2D eigenvalue weighted by Crippen LogP contribution is 2.25. The van der Waals surface area contributed by atoms with Gasteiger partial charge in [0, 0.05) is 18.7 Å². The van der Waals surface area contributed by atoms with E-state index in [0.717, 1.165) is 4.90 Å². The van der Waals surface area contributed by atoms with Gasteiger partial charge in [0.2, 0.25) is 5.91 Å². The number of nitro benzene ring substituents is 1. The summed E-state index contributed by atoms with van der Waals surface area (Å²) in [6.07, 6.45) is 0.683. The van der Waals surface area contributed by atoms with E-state index in [4.69, 9.17) is 0 Å². The van der Waals surface area contributed by atoms with Gasteiger partial charge >= 0.3 is 6.03 Å². The Hall–Kier alpha value is -2.44. The molecular formula is C14H17N3O4. The summed E-state index contributed by atoms with van der Waals surface area (Å²) in [5.74, 6) is -0.188. The van der Waals surface area contributed by atoms with E-state index in [2.05, 4.69) is 5.32 Å². The molecule has 1 aliphatic rings. The predicted molar refractivity (Wildman–Crippen MR) is 76.9 cm³/mol. The van der Waals surface area contributed by atoms with Crippen LogP contribution in [0.4, 0.5) is 16.2 Å².